The summed E-state index contributed by atoms with van der Waals surface area (Å²) < 4.78 is 51.1. The van der Waals surface area contributed by atoms with Gasteiger partial charge in [-0.25, -0.2) is 0 Å². The highest BCUT2D eigenvalue weighted by molar-refractivity contribution is 5.66. The zero-order valence-corrected chi connectivity index (χ0v) is 52.7. The van der Waals surface area contributed by atoms with Crippen molar-refractivity contribution in [1.29, 1.82) is 0 Å². The van der Waals surface area contributed by atoms with E-state index in [4.69, 9.17) is 37.9 Å². The molecule has 0 spiro atoms. The Balaban J connectivity index is 0.910. The van der Waals surface area contributed by atoms with Crippen molar-refractivity contribution in [2.24, 2.45) is 56.7 Å². The minimum atomic E-state index is -0.757. The molecule has 0 saturated heterocycles. The van der Waals surface area contributed by atoms with Gasteiger partial charge in [-0.1, -0.05) is 83.9 Å². The van der Waals surface area contributed by atoms with E-state index in [1.54, 1.807) is 0 Å². The predicted molar refractivity (Wildman–Crippen MR) is 314 cm³/mol. The molecule has 2 bridgehead atoms. The Morgan fingerprint density at radius 1 is 0.538 bits per heavy atom. The van der Waals surface area contributed by atoms with Gasteiger partial charge in [0, 0.05) is 27.1 Å². The van der Waals surface area contributed by atoms with Crippen molar-refractivity contribution in [3.63, 3.8) is 0 Å². The Kier molecular flexibility index (Phi) is 20.0. The van der Waals surface area contributed by atoms with Crippen LogP contribution in [0.3, 0.4) is 0 Å². The molecule has 442 valence electrons. The van der Waals surface area contributed by atoms with Crippen molar-refractivity contribution in [3.8, 4) is 11.5 Å². The first-order valence-electron chi connectivity index (χ1n) is 30.3. The summed E-state index contributed by atoms with van der Waals surface area (Å²) in [6.45, 7) is 43.8. The van der Waals surface area contributed by atoms with Crippen LogP contribution in [0.2, 0.25) is 0 Å². The highest BCUT2D eigenvalue weighted by atomic mass is 16.6. The highest BCUT2D eigenvalue weighted by Crippen LogP contribution is 2.94. The summed E-state index contributed by atoms with van der Waals surface area (Å²) in [6.07, 6.45) is 15.4. The third kappa shape index (κ3) is 15.5. The number of benzene rings is 2. The van der Waals surface area contributed by atoms with Gasteiger partial charge in [-0.2, -0.15) is 0 Å². The minimum absolute atomic E-state index is 0.0956. The van der Waals surface area contributed by atoms with Crippen LogP contribution in [0.4, 0.5) is 0 Å². The van der Waals surface area contributed by atoms with E-state index < -0.39 is 22.4 Å². The number of carbonyl (C=O) groups is 2. The third-order valence-electron chi connectivity index (χ3n) is 21.0. The number of para-hydroxylation sites is 2. The van der Waals surface area contributed by atoms with Gasteiger partial charge in [0.15, 0.2) is 0 Å². The van der Waals surface area contributed by atoms with Crippen molar-refractivity contribution in [3.05, 3.63) is 60.7 Å². The van der Waals surface area contributed by atoms with Crippen molar-refractivity contribution < 1.29 is 47.5 Å². The zero-order chi connectivity index (χ0) is 57.9. The molecule has 2 aromatic rings. The standard InChI is InChI=1S/C68H110O10/c1-49(69)77-62(11,12)51(42-71-53-30-22-20-23-31-53)44-75-64(15,16)58(3,4)35-26-28-38-73-60(7,8)46-66(19)37-34-56-55(40-66)57-41-67(56)48-68(57,67)47-61(9,10)74-39-29-27-36-59(5,6)65(17,18)76-45-52(63(13,14)78-50(2)70)43-72-54-32-24-21-25-33-54/h20-25,30-33,51-52,55-57H,26-29,34-48H2,1-19H3. The van der Waals surface area contributed by atoms with Gasteiger partial charge < -0.3 is 37.9 Å². The summed E-state index contributed by atoms with van der Waals surface area (Å²) in [4.78, 5) is 24.2. The van der Waals surface area contributed by atoms with Crippen LogP contribution in [0.1, 0.15) is 215 Å². The summed E-state index contributed by atoms with van der Waals surface area (Å²) in [5.74, 6) is 3.20. The topological polar surface area (TPSA) is 108 Å². The minimum Gasteiger partial charge on any atom is -0.493 e. The average molecular weight is 1090 g/mol. The lowest BCUT2D eigenvalue weighted by Crippen LogP contribution is -2.47. The number of carbonyl (C=O) groups excluding carboxylic acids is 2. The van der Waals surface area contributed by atoms with Gasteiger partial charge in [0.1, 0.15) is 22.7 Å². The summed E-state index contributed by atoms with van der Waals surface area (Å²) >= 11 is 0. The van der Waals surface area contributed by atoms with E-state index >= 15 is 0 Å². The van der Waals surface area contributed by atoms with Crippen LogP contribution >= 0.6 is 0 Å². The molecule has 4 aliphatic rings. The maximum atomic E-state index is 12.1. The smallest absolute Gasteiger partial charge is 0.303 e. The second-order valence-corrected chi connectivity index (χ2v) is 30.1. The summed E-state index contributed by atoms with van der Waals surface area (Å²) in [6, 6.07) is 19.5. The lowest BCUT2D eigenvalue weighted by atomic mass is 9.62. The number of ether oxygens (including phenoxy) is 8. The van der Waals surface area contributed by atoms with E-state index in [2.05, 4.69) is 90.0 Å². The first-order chi connectivity index (χ1) is 36.0. The lowest BCUT2D eigenvalue weighted by Gasteiger charge is -2.45. The van der Waals surface area contributed by atoms with Crippen LogP contribution in [0, 0.1) is 56.7 Å². The molecule has 78 heavy (non-hydrogen) atoms. The lowest BCUT2D eigenvalue weighted by molar-refractivity contribution is -0.173. The summed E-state index contributed by atoms with van der Waals surface area (Å²) in [7, 11) is 0. The van der Waals surface area contributed by atoms with Crippen LogP contribution in [0.5, 0.6) is 11.5 Å². The molecular formula is C68H110O10. The largest absolute Gasteiger partial charge is 0.493 e. The van der Waals surface area contributed by atoms with Gasteiger partial charge >= 0.3 is 11.9 Å². The zero-order valence-electron chi connectivity index (χ0n) is 52.7. The molecule has 4 fully saturated rings. The van der Waals surface area contributed by atoms with Crippen molar-refractivity contribution in [1.82, 2.24) is 0 Å². The van der Waals surface area contributed by atoms with Gasteiger partial charge in [-0.15, -0.1) is 0 Å². The normalized spacial score (nSPS) is 25.3. The maximum absolute atomic E-state index is 12.1. The number of esters is 2. The summed E-state index contributed by atoms with van der Waals surface area (Å²) in [5.41, 5.74) is -1.53. The molecule has 4 saturated carbocycles. The van der Waals surface area contributed by atoms with Crippen molar-refractivity contribution >= 4 is 11.9 Å². The first kappa shape index (κ1) is 64.0. The molecule has 0 aliphatic heterocycles. The SMILES string of the molecule is CC(=O)OC(C)(C)C(COc1ccccc1)COC(C)(C)C(C)(C)CCCCOC(C)(C)CC1(C)CCC2C(C1)C1CC23CC13CC(C)(C)OCCCCC(C)(C)C(C)(C)OCC(COc1ccccc1)C(C)(C)OC(C)=O. The van der Waals surface area contributed by atoms with Crippen LogP contribution < -0.4 is 9.47 Å². The van der Waals surface area contributed by atoms with E-state index in [-0.39, 0.29) is 45.8 Å². The summed E-state index contributed by atoms with van der Waals surface area (Å²) in [5, 5.41) is 0. The van der Waals surface area contributed by atoms with Crippen LogP contribution in [-0.2, 0) is 38.0 Å². The van der Waals surface area contributed by atoms with Crippen molar-refractivity contribution in [2.45, 2.75) is 249 Å². The molecule has 0 amide bonds. The number of hydrogen-bond acceptors (Lipinski definition) is 10. The van der Waals surface area contributed by atoms with Gasteiger partial charge in [0.2, 0.25) is 0 Å². The first-order valence-corrected chi connectivity index (χ1v) is 30.3. The number of unbranched alkanes of at least 4 members (excludes halogenated alkanes) is 2. The molecule has 10 nitrogen and oxygen atoms in total. The van der Waals surface area contributed by atoms with Crippen LogP contribution in [0.15, 0.2) is 60.7 Å². The Labute approximate surface area is 474 Å². The molecule has 6 rings (SSSR count). The van der Waals surface area contributed by atoms with E-state index in [0.29, 0.717) is 42.7 Å². The average Bonchev–Trinajstić information content (AvgIpc) is 3.74. The maximum Gasteiger partial charge on any atom is 0.303 e. The quantitative estimate of drug-likeness (QED) is 0.0497. The fraction of sp³-hybridized carbons (Fsp3) is 0.794. The van der Waals surface area contributed by atoms with Gasteiger partial charge in [0.25, 0.3) is 0 Å². The van der Waals surface area contributed by atoms with Crippen LogP contribution in [-0.4, -0.2) is 85.2 Å². The second-order valence-electron chi connectivity index (χ2n) is 30.1. The fourth-order valence-electron chi connectivity index (χ4n) is 14.9. The molecule has 0 aromatic heterocycles. The monoisotopic (exact) mass is 1090 g/mol. The Hall–Kier alpha value is -3.18. The molecule has 0 radical (unpaired) electrons. The number of hydrogen-bond donors (Lipinski definition) is 0. The van der Waals surface area contributed by atoms with Gasteiger partial charge in [-0.3, -0.25) is 9.59 Å². The van der Waals surface area contributed by atoms with Gasteiger partial charge in [-0.05, 0) is 223 Å². The Bertz CT molecular complexity index is 2250. The predicted octanol–water partition coefficient (Wildman–Crippen LogP) is 16.2. The van der Waals surface area contributed by atoms with E-state index in [1.165, 1.54) is 52.4 Å². The molecule has 10 heteroatoms. The highest BCUT2D eigenvalue weighted by Gasteiger charge is 2.88. The van der Waals surface area contributed by atoms with E-state index in [1.807, 2.05) is 88.4 Å². The molecule has 2 aromatic carbocycles. The second kappa shape index (κ2) is 24.3. The van der Waals surface area contributed by atoms with Gasteiger partial charge in [0.05, 0.1) is 60.7 Å². The Morgan fingerprint density at radius 2 is 0.962 bits per heavy atom. The van der Waals surface area contributed by atoms with E-state index in [9.17, 15) is 9.59 Å². The number of rotatable bonds is 34. The molecule has 4 aliphatic carbocycles. The third-order valence-corrected chi connectivity index (χ3v) is 21.0. The van der Waals surface area contributed by atoms with Crippen LogP contribution in [0.25, 0.3) is 0 Å². The molecule has 8 unspecified atom stereocenters. The fourth-order valence-corrected chi connectivity index (χ4v) is 14.9. The number of fused-ring (bicyclic) bond motifs is 2. The Morgan fingerprint density at radius 3 is 1.38 bits per heavy atom. The molecular weight excluding hydrogens is 977 g/mol. The van der Waals surface area contributed by atoms with E-state index in [0.717, 1.165) is 87.4 Å². The molecule has 0 N–H and O–H groups in total. The van der Waals surface area contributed by atoms with Crippen molar-refractivity contribution in [2.75, 3.05) is 39.6 Å². The molecule has 8 atom stereocenters. The molecule has 0 heterocycles.